The third kappa shape index (κ3) is 4.17. The summed E-state index contributed by atoms with van der Waals surface area (Å²) in [5.74, 6) is -1.07. The summed E-state index contributed by atoms with van der Waals surface area (Å²) in [6.45, 7) is 3.19. The van der Waals surface area contributed by atoms with E-state index in [1.54, 1.807) is 57.4 Å². The van der Waals surface area contributed by atoms with Gasteiger partial charge in [0.2, 0.25) is 5.91 Å². The highest BCUT2D eigenvalue weighted by Crippen LogP contribution is 2.26. The number of carbonyl (C=O) groups is 4. The van der Waals surface area contributed by atoms with Crippen molar-refractivity contribution in [1.82, 2.24) is 9.80 Å². The standard InChI is InChI=1S/C22H24N4O4/c1-14-5-11-18(12-6-14)26-15(2)20(28)25(22(26)30)13-19(27)23-17-9-7-16(8-10-17)21(29)24(3)4/h5-12,15H,13H2,1-4H3,(H,23,27). The van der Waals surface area contributed by atoms with Gasteiger partial charge in [0.05, 0.1) is 0 Å². The van der Waals surface area contributed by atoms with Gasteiger partial charge in [-0.3, -0.25) is 24.2 Å². The van der Waals surface area contributed by atoms with Crippen LogP contribution in [0.2, 0.25) is 0 Å². The molecule has 1 aliphatic rings. The maximum atomic E-state index is 12.8. The fraction of sp³-hybridized carbons (Fsp3) is 0.273. The van der Waals surface area contributed by atoms with Gasteiger partial charge in [-0.2, -0.15) is 0 Å². The molecule has 156 valence electrons. The molecule has 1 unspecified atom stereocenters. The molecule has 0 radical (unpaired) electrons. The topological polar surface area (TPSA) is 90.0 Å². The predicted molar refractivity (Wildman–Crippen MR) is 113 cm³/mol. The van der Waals surface area contributed by atoms with E-state index in [9.17, 15) is 19.2 Å². The number of carbonyl (C=O) groups excluding carboxylic acids is 4. The number of hydrogen-bond donors (Lipinski definition) is 1. The summed E-state index contributed by atoms with van der Waals surface area (Å²) >= 11 is 0. The summed E-state index contributed by atoms with van der Waals surface area (Å²) in [6.07, 6.45) is 0. The van der Waals surface area contributed by atoms with Gasteiger partial charge >= 0.3 is 6.03 Å². The van der Waals surface area contributed by atoms with Crippen LogP contribution in [0.5, 0.6) is 0 Å². The van der Waals surface area contributed by atoms with Gasteiger partial charge in [-0.05, 0) is 50.2 Å². The van der Waals surface area contributed by atoms with Crippen LogP contribution in [0.15, 0.2) is 48.5 Å². The number of aryl methyl sites for hydroxylation is 1. The maximum Gasteiger partial charge on any atom is 0.332 e. The molecular weight excluding hydrogens is 384 g/mol. The van der Waals surface area contributed by atoms with Crippen molar-refractivity contribution in [3.63, 3.8) is 0 Å². The zero-order chi connectivity index (χ0) is 22.0. The number of urea groups is 1. The molecule has 1 atom stereocenters. The second-order valence-electron chi connectivity index (χ2n) is 7.41. The van der Waals surface area contributed by atoms with Gasteiger partial charge < -0.3 is 10.2 Å². The van der Waals surface area contributed by atoms with Crippen LogP contribution >= 0.6 is 0 Å². The molecule has 1 saturated heterocycles. The van der Waals surface area contributed by atoms with Crippen LogP contribution in [0.3, 0.4) is 0 Å². The van der Waals surface area contributed by atoms with Crippen molar-refractivity contribution >= 4 is 35.1 Å². The molecule has 1 aliphatic heterocycles. The first kappa shape index (κ1) is 21.0. The molecule has 5 amide bonds. The van der Waals surface area contributed by atoms with Crippen molar-refractivity contribution in [1.29, 1.82) is 0 Å². The van der Waals surface area contributed by atoms with Gasteiger partial charge in [0.1, 0.15) is 12.6 Å². The largest absolute Gasteiger partial charge is 0.345 e. The molecule has 0 saturated carbocycles. The molecule has 2 aromatic rings. The van der Waals surface area contributed by atoms with Crippen molar-refractivity contribution in [2.24, 2.45) is 0 Å². The Morgan fingerprint density at radius 1 is 1.00 bits per heavy atom. The predicted octanol–water partition coefficient (Wildman–Crippen LogP) is 2.49. The second kappa shape index (κ2) is 8.36. The van der Waals surface area contributed by atoms with Gasteiger partial charge in [-0.25, -0.2) is 4.79 Å². The molecule has 3 rings (SSSR count). The molecule has 0 spiro atoms. The lowest BCUT2D eigenvalue weighted by molar-refractivity contribution is -0.130. The molecule has 1 fully saturated rings. The molecule has 1 N–H and O–H groups in total. The quantitative estimate of drug-likeness (QED) is 0.770. The number of anilines is 2. The van der Waals surface area contributed by atoms with Gasteiger partial charge in [-0.15, -0.1) is 0 Å². The molecule has 0 aromatic heterocycles. The summed E-state index contributed by atoms with van der Waals surface area (Å²) in [5, 5.41) is 2.65. The maximum absolute atomic E-state index is 12.8. The van der Waals surface area contributed by atoms with Gasteiger partial charge in [0.25, 0.3) is 11.8 Å². The van der Waals surface area contributed by atoms with E-state index >= 15 is 0 Å². The molecule has 2 aromatic carbocycles. The highest BCUT2D eigenvalue weighted by molar-refractivity contribution is 6.16. The SMILES string of the molecule is Cc1ccc(N2C(=O)N(CC(=O)Nc3ccc(C(=O)N(C)C)cc3)C(=O)C2C)cc1. The number of nitrogens with one attached hydrogen (secondary N) is 1. The van der Waals surface area contributed by atoms with Crippen LogP contribution < -0.4 is 10.2 Å². The zero-order valence-electron chi connectivity index (χ0n) is 17.4. The number of nitrogens with zero attached hydrogens (tertiary/aromatic N) is 3. The Morgan fingerprint density at radius 2 is 1.60 bits per heavy atom. The minimum absolute atomic E-state index is 0.147. The Kier molecular flexibility index (Phi) is 5.86. The number of rotatable bonds is 5. The third-order valence-corrected chi connectivity index (χ3v) is 4.88. The van der Waals surface area contributed by atoms with Gasteiger partial charge in [-0.1, -0.05) is 17.7 Å². The van der Waals surface area contributed by atoms with Crippen molar-refractivity contribution < 1.29 is 19.2 Å². The Balaban J connectivity index is 1.67. The average molecular weight is 408 g/mol. The number of benzene rings is 2. The lowest BCUT2D eigenvalue weighted by Crippen LogP contribution is -2.39. The summed E-state index contributed by atoms with van der Waals surface area (Å²) < 4.78 is 0. The fourth-order valence-corrected chi connectivity index (χ4v) is 3.21. The monoisotopic (exact) mass is 408 g/mol. The van der Waals surface area contributed by atoms with Crippen LogP contribution in [0, 0.1) is 6.92 Å². The minimum Gasteiger partial charge on any atom is -0.345 e. The fourth-order valence-electron chi connectivity index (χ4n) is 3.21. The summed E-state index contributed by atoms with van der Waals surface area (Å²) in [4.78, 5) is 53.5. The number of amides is 5. The molecule has 1 heterocycles. The number of imide groups is 1. The Bertz CT molecular complexity index is 983. The average Bonchev–Trinajstić information content (AvgIpc) is 2.92. The lowest BCUT2D eigenvalue weighted by Gasteiger charge is -2.19. The van der Waals surface area contributed by atoms with Crippen molar-refractivity contribution in [2.45, 2.75) is 19.9 Å². The van der Waals surface area contributed by atoms with E-state index in [0.717, 1.165) is 10.5 Å². The van der Waals surface area contributed by atoms with Gasteiger partial charge in [0.15, 0.2) is 0 Å². The molecule has 8 nitrogen and oxygen atoms in total. The minimum atomic E-state index is -0.690. The number of hydrogen-bond acceptors (Lipinski definition) is 4. The second-order valence-corrected chi connectivity index (χ2v) is 7.41. The smallest absolute Gasteiger partial charge is 0.332 e. The van der Waals surface area contributed by atoms with E-state index in [2.05, 4.69) is 5.32 Å². The van der Waals surface area contributed by atoms with Crippen LogP contribution in [-0.4, -0.2) is 60.2 Å². The highest BCUT2D eigenvalue weighted by atomic mass is 16.2. The van der Waals surface area contributed by atoms with E-state index in [4.69, 9.17) is 0 Å². The van der Waals surface area contributed by atoms with Crippen molar-refractivity contribution in [2.75, 3.05) is 30.9 Å². The van der Waals surface area contributed by atoms with Crippen molar-refractivity contribution in [3.05, 3.63) is 59.7 Å². The van der Waals surface area contributed by atoms with Crippen LogP contribution in [0.4, 0.5) is 16.2 Å². The molecule has 8 heteroatoms. The molecule has 30 heavy (non-hydrogen) atoms. The first-order valence-electron chi connectivity index (χ1n) is 9.52. The van der Waals surface area contributed by atoms with Crippen LogP contribution in [-0.2, 0) is 9.59 Å². The first-order valence-corrected chi connectivity index (χ1v) is 9.52. The zero-order valence-corrected chi connectivity index (χ0v) is 17.4. The summed E-state index contributed by atoms with van der Waals surface area (Å²) in [7, 11) is 3.31. The summed E-state index contributed by atoms with van der Waals surface area (Å²) in [6, 6.07) is 12.5. The van der Waals surface area contributed by atoms with Crippen molar-refractivity contribution in [3.8, 4) is 0 Å². The van der Waals surface area contributed by atoms with E-state index in [1.807, 2.05) is 19.1 Å². The van der Waals surface area contributed by atoms with Crippen LogP contribution in [0.25, 0.3) is 0 Å². The Morgan fingerprint density at radius 3 is 2.17 bits per heavy atom. The normalized spacial score (nSPS) is 16.1. The molecule has 0 bridgehead atoms. The van der Waals surface area contributed by atoms with Gasteiger partial charge in [0, 0.05) is 31.0 Å². The Labute approximate surface area is 175 Å². The van der Waals surface area contributed by atoms with E-state index < -0.39 is 23.9 Å². The van der Waals surface area contributed by atoms with E-state index in [0.29, 0.717) is 16.9 Å². The molecular formula is C22H24N4O4. The molecule has 0 aliphatic carbocycles. The van der Waals surface area contributed by atoms with E-state index in [1.165, 1.54) is 9.80 Å². The van der Waals surface area contributed by atoms with E-state index in [-0.39, 0.29) is 12.5 Å². The van der Waals surface area contributed by atoms with Crippen LogP contribution in [0.1, 0.15) is 22.8 Å². The Hall–Kier alpha value is -3.68. The third-order valence-electron chi connectivity index (χ3n) is 4.88. The summed E-state index contributed by atoms with van der Waals surface area (Å²) in [5.41, 5.74) is 2.61. The lowest BCUT2D eigenvalue weighted by atomic mass is 10.2. The first-order chi connectivity index (χ1) is 14.2. The highest BCUT2D eigenvalue weighted by Gasteiger charge is 2.44.